The van der Waals surface area contributed by atoms with Crippen LogP contribution in [0.5, 0.6) is 0 Å². The lowest BCUT2D eigenvalue weighted by Crippen LogP contribution is -2.55. The Balaban J connectivity index is 1.35. The number of anilines is 1. The standard InChI is InChI=1S/C31H38N4O4S/c1-4-22-20-35(31(37)28-15-9-18-34(28)3)19-17-26(22)33-40(38,39)29-16-8-12-24-25(29)13-7-14-27(24)32-30(36)23-11-6-5-10-21(23)2/h5-8,10-14,16,22,26,28,33H,4,9,15,17-20H2,1-3H3,(H,32,36)/t22-,26+,28+/m1/s1. The zero-order valence-electron chi connectivity index (χ0n) is 23.4. The number of sulfonamides is 1. The Kier molecular flexibility index (Phi) is 8.26. The molecule has 0 spiro atoms. The molecule has 2 saturated heterocycles. The molecule has 0 aromatic heterocycles. The Hall–Kier alpha value is -3.27. The van der Waals surface area contributed by atoms with Crippen molar-refractivity contribution in [3.8, 4) is 0 Å². The number of hydrogen-bond acceptors (Lipinski definition) is 5. The van der Waals surface area contributed by atoms with Crippen molar-refractivity contribution in [2.45, 2.75) is 56.5 Å². The number of carbonyl (C=O) groups is 2. The van der Waals surface area contributed by atoms with E-state index < -0.39 is 10.0 Å². The molecule has 0 bridgehead atoms. The molecule has 212 valence electrons. The van der Waals surface area contributed by atoms with Crippen LogP contribution in [0.15, 0.2) is 65.6 Å². The minimum Gasteiger partial charge on any atom is -0.341 e. The van der Waals surface area contributed by atoms with E-state index in [2.05, 4.69) is 14.9 Å². The summed E-state index contributed by atoms with van der Waals surface area (Å²) in [5.41, 5.74) is 1.99. The van der Waals surface area contributed by atoms with Crippen molar-refractivity contribution < 1.29 is 18.0 Å². The van der Waals surface area contributed by atoms with Gasteiger partial charge in [-0.3, -0.25) is 14.5 Å². The third-order valence-corrected chi connectivity index (χ3v) is 10.0. The van der Waals surface area contributed by atoms with Gasteiger partial charge in [-0.25, -0.2) is 13.1 Å². The minimum atomic E-state index is -3.87. The van der Waals surface area contributed by atoms with Crippen molar-refractivity contribution in [3.05, 3.63) is 71.8 Å². The summed E-state index contributed by atoms with van der Waals surface area (Å²) in [5.74, 6) is -0.0555. The fourth-order valence-corrected chi connectivity index (χ4v) is 7.70. The zero-order chi connectivity index (χ0) is 28.4. The fourth-order valence-electron chi connectivity index (χ4n) is 6.14. The maximum atomic E-state index is 13.8. The zero-order valence-corrected chi connectivity index (χ0v) is 24.2. The Morgan fingerprint density at radius 2 is 1.70 bits per heavy atom. The van der Waals surface area contributed by atoms with Crippen LogP contribution in [0.4, 0.5) is 5.69 Å². The van der Waals surface area contributed by atoms with Gasteiger partial charge in [0.15, 0.2) is 0 Å². The summed E-state index contributed by atoms with van der Waals surface area (Å²) in [6, 6.07) is 17.5. The maximum Gasteiger partial charge on any atom is 0.255 e. The number of rotatable bonds is 7. The average molecular weight is 563 g/mol. The summed E-state index contributed by atoms with van der Waals surface area (Å²) in [6.07, 6.45) is 3.25. The molecular weight excluding hydrogens is 524 g/mol. The van der Waals surface area contributed by atoms with Gasteiger partial charge in [0.05, 0.1) is 10.9 Å². The smallest absolute Gasteiger partial charge is 0.255 e. The first-order chi connectivity index (χ1) is 19.2. The first kappa shape index (κ1) is 28.3. The van der Waals surface area contributed by atoms with Crippen LogP contribution in [0.3, 0.4) is 0 Å². The number of piperidine rings is 1. The largest absolute Gasteiger partial charge is 0.341 e. The monoisotopic (exact) mass is 562 g/mol. The molecule has 3 aromatic carbocycles. The van der Waals surface area contributed by atoms with Crippen LogP contribution in [0, 0.1) is 12.8 Å². The van der Waals surface area contributed by atoms with Crippen molar-refractivity contribution in [2.24, 2.45) is 5.92 Å². The number of amides is 2. The number of nitrogens with zero attached hydrogens (tertiary/aromatic N) is 2. The van der Waals surface area contributed by atoms with E-state index in [4.69, 9.17) is 0 Å². The van der Waals surface area contributed by atoms with E-state index in [0.29, 0.717) is 41.5 Å². The summed E-state index contributed by atoms with van der Waals surface area (Å²) in [5, 5.41) is 4.16. The molecule has 2 aliphatic heterocycles. The maximum absolute atomic E-state index is 13.8. The Morgan fingerprint density at radius 1 is 0.950 bits per heavy atom. The Morgan fingerprint density at radius 3 is 2.42 bits per heavy atom. The summed E-state index contributed by atoms with van der Waals surface area (Å²) in [6.45, 7) is 5.95. The quantitative estimate of drug-likeness (QED) is 0.445. The van der Waals surface area contributed by atoms with Crippen molar-refractivity contribution in [2.75, 3.05) is 32.0 Å². The van der Waals surface area contributed by atoms with E-state index in [1.165, 1.54) is 0 Å². The molecule has 0 radical (unpaired) electrons. The summed E-state index contributed by atoms with van der Waals surface area (Å²) in [4.78, 5) is 30.4. The minimum absolute atomic E-state index is 0.0260. The van der Waals surface area contributed by atoms with E-state index in [-0.39, 0.29) is 34.7 Å². The van der Waals surface area contributed by atoms with Crippen LogP contribution in [0.2, 0.25) is 0 Å². The number of benzene rings is 3. The molecule has 40 heavy (non-hydrogen) atoms. The van der Waals surface area contributed by atoms with E-state index in [1.54, 1.807) is 36.4 Å². The second-order valence-electron chi connectivity index (χ2n) is 11.0. The van der Waals surface area contributed by atoms with Crippen LogP contribution < -0.4 is 10.0 Å². The molecule has 2 N–H and O–H groups in total. The van der Waals surface area contributed by atoms with E-state index in [0.717, 1.165) is 31.4 Å². The van der Waals surface area contributed by atoms with Gasteiger partial charge in [0.1, 0.15) is 0 Å². The van der Waals surface area contributed by atoms with Gasteiger partial charge < -0.3 is 10.2 Å². The predicted octanol–water partition coefficient (Wildman–Crippen LogP) is 4.40. The molecule has 0 unspecified atom stereocenters. The number of likely N-dealkylation sites (tertiary alicyclic amines) is 2. The predicted molar refractivity (Wildman–Crippen MR) is 158 cm³/mol. The van der Waals surface area contributed by atoms with Crippen LogP contribution in [0.1, 0.15) is 48.5 Å². The molecule has 2 fully saturated rings. The highest BCUT2D eigenvalue weighted by Gasteiger charge is 2.37. The molecule has 0 aliphatic carbocycles. The van der Waals surface area contributed by atoms with Gasteiger partial charge in [0.2, 0.25) is 15.9 Å². The van der Waals surface area contributed by atoms with Gasteiger partial charge >= 0.3 is 0 Å². The Labute approximate surface area is 236 Å². The van der Waals surface area contributed by atoms with Crippen LogP contribution in [0.25, 0.3) is 10.8 Å². The molecule has 5 rings (SSSR count). The highest BCUT2D eigenvalue weighted by molar-refractivity contribution is 7.89. The first-order valence-electron chi connectivity index (χ1n) is 14.1. The number of fused-ring (bicyclic) bond motifs is 1. The molecule has 2 aliphatic rings. The molecular formula is C31H38N4O4S. The topological polar surface area (TPSA) is 98.8 Å². The lowest BCUT2D eigenvalue weighted by molar-refractivity contribution is -0.137. The van der Waals surface area contributed by atoms with E-state index in [1.807, 2.05) is 50.1 Å². The third-order valence-electron chi connectivity index (χ3n) is 8.49. The number of hydrogen-bond donors (Lipinski definition) is 2. The van der Waals surface area contributed by atoms with Gasteiger partial charge in [0, 0.05) is 41.2 Å². The van der Waals surface area contributed by atoms with E-state index in [9.17, 15) is 18.0 Å². The molecule has 0 saturated carbocycles. The van der Waals surface area contributed by atoms with Gasteiger partial charge in [-0.1, -0.05) is 55.8 Å². The summed E-state index contributed by atoms with van der Waals surface area (Å²) in [7, 11) is -1.87. The normalized spacial score (nSPS) is 22.0. The second-order valence-corrected chi connectivity index (χ2v) is 12.7. The molecule has 3 aromatic rings. The van der Waals surface area contributed by atoms with Crippen molar-refractivity contribution in [1.29, 1.82) is 0 Å². The number of likely N-dealkylation sites (N-methyl/N-ethyl adjacent to an activating group) is 1. The van der Waals surface area contributed by atoms with Gasteiger partial charge in [0.25, 0.3) is 5.91 Å². The first-order valence-corrected chi connectivity index (χ1v) is 15.6. The number of carbonyl (C=O) groups excluding carboxylic acids is 2. The van der Waals surface area contributed by atoms with E-state index >= 15 is 0 Å². The number of nitrogens with one attached hydrogen (secondary N) is 2. The lowest BCUT2D eigenvalue weighted by Gasteiger charge is -2.40. The molecule has 2 heterocycles. The Bertz CT molecular complexity index is 1520. The van der Waals surface area contributed by atoms with Gasteiger partial charge in [-0.05, 0) is 69.5 Å². The second kappa shape index (κ2) is 11.7. The van der Waals surface area contributed by atoms with Gasteiger partial charge in [-0.15, -0.1) is 0 Å². The highest BCUT2D eigenvalue weighted by Crippen LogP contribution is 2.31. The van der Waals surface area contributed by atoms with Crippen LogP contribution in [-0.2, 0) is 14.8 Å². The molecule has 8 nitrogen and oxygen atoms in total. The van der Waals surface area contributed by atoms with Crippen LogP contribution in [-0.4, -0.2) is 68.8 Å². The third kappa shape index (κ3) is 5.64. The SMILES string of the molecule is CC[C@@H]1CN(C(=O)[C@@H]2CCCN2C)CC[C@@H]1NS(=O)(=O)c1cccc2c(NC(=O)c3ccccc3C)cccc12. The molecule has 3 atom stereocenters. The lowest BCUT2D eigenvalue weighted by atomic mass is 9.90. The summed E-state index contributed by atoms with van der Waals surface area (Å²) >= 11 is 0. The van der Waals surface area contributed by atoms with Crippen LogP contribution >= 0.6 is 0 Å². The van der Waals surface area contributed by atoms with Crippen molar-refractivity contribution in [3.63, 3.8) is 0 Å². The van der Waals surface area contributed by atoms with Gasteiger partial charge in [-0.2, -0.15) is 0 Å². The molecule has 9 heteroatoms. The molecule has 2 amide bonds. The van der Waals surface area contributed by atoms with Crippen molar-refractivity contribution >= 4 is 38.3 Å². The average Bonchev–Trinajstić information content (AvgIpc) is 3.38. The number of aryl methyl sites for hydroxylation is 1. The van der Waals surface area contributed by atoms with Crippen molar-refractivity contribution in [1.82, 2.24) is 14.5 Å². The highest BCUT2D eigenvalue weighted by atomic mass is 32.2. The summed E-state index contributed by atoms with van der Waals surface area (Å²) < 4.78 is 30.5. The fraction of sp³-hybridized carbons (Fsp3) is 0.419.